The molecule has 0 aromatic heterocycles. The van der Waals surface area contributed by atoms with Gasteiger partial charge in [-0.3, -0.25) is 4.90 Å². The fraction of sp³-hybridized carbons (Fsp3) is 1.00. The van der Waals surface area contributed by atoms with Gasteiger partial charge in [-0.2, -0.15) is 0 Å². The predicted molar refractivity (Wildman–Crippen MR) is 55.8 cm³/mol. The summed E-state index contributed by atoms with van der Waals surface area (Å²) < 4.78 is 0. The zero-order chi connectivity index (χ0) is 9.26. The van der Waals surface area contributed by atoms with Crippen LogP contribution in [0.3, 0.4) is 0 Å². The molecule has 2 unspecified atom stereocenters. The molecule has 2 saturated heterocycles. The zero-order valence-electron chi connectivity index (χ0n) is 8.92. The number of hydrogen-bond donors (Lipinski definition) is 1. The van der Waals surface area contributed by atoms with Crippen molar-refractivity contribution in [2.75, 3.05) is 26.2 Å². The van der Waals surface area contributed by atoms with E-state index in [9.17, 15) is 0 Å². The van der Waals surface area contributed by atoms with Crippen LogP contribution in [0.2, 0.25) is 0 Å². The van der Waals surface area contributed by atoms with Crippen LogP contribution in [0.15, 0.2) is 0 Å². The quantitative estimate of drug-likeness (QED) is 0.708. The molecule has 0 aromatic carbocycles. The molecule has 0 aromatic rings. The van der Waals surface area contributed by atoms with Crippen molar-refractivity contribution in [3.05, 3.63) is 0 Å². The summed E-state index contributed by atoms with van der Waals surface area (Å²) in [6.07, 6.45) is 2.65. The van der Waals surface area contributed by atoms with Crippen molar-refractivity contribution in [2.45, 2.75) is 32.7 Å². The molecule has 0 amide bonds. The Balaban J connectivity index is 1.90. The van der Waals surface area contributed by atoms with E-state index in [0.29, 0.717) is 0 Å². The lowest BCUT2D eigenvalue weighted by atomic mass is 10.0. The van der Waals surface area contributed by atoms with Crippen molar-refractivity contribution >= 4 is 0 Å². The van der Waals surface area contributed by atoms with Gasteiger partial charge in [0.05, 0.1) is 0 Å². The van der Waals surface area contributed by atoms with E-state index in [0.717, 1.165) is 17.9 Å². The van der Waals surface area contributed by atoms with Gasteiger partial charge in [-0.25, -0.2) is 0 Å². The molecular weight excluding hydrogens is 160 g/mol. The summed E-state index contributed by atoms with van der Waals surface area (Å²) in [7, 11) is 0. The number of fused-ring (bicyclic) bond motifs is 1. The van der Waals surface area contributed by atoms with Gasteiger partial charge in [0.25, 0.3) is 0 Å². The van der Waals surface area contributed by atoms with Crippen molar-refractivity contribution in [1.82, 2.24) is 10.2 Å². The number of likely N-dealkylation sites (tertiary alicyclic amines) is 1. The van der Waals surface area contributed by atoms with Gasteiger partial charge >= 0.3 is 0 Å². The van der Waals surface area contributed by atoms with E-state index in [2.05, 4.69) is 24.1 Å². The summed E-state index contributed by atoms with van der Waals surface area (Å²) in [5, 5.41) is 3.49. The van der Waals surface area contributed by atoms with Crippen molar-refractivity contribution in [1.29, 1.82) is 0 Å². The minimum absolute atomic E-state index is 0.852. The first kappa shape index (κ1) is 9.47. The molecule has 2 heteroatoms. The highest BCUT2D eigenvalue weighted by Crippen LogP contribution is 2.28. The molecule has 0 saturated carbocycles. The number of hydrogen-bond acceptors (Lipinski definition) is 2. The third-order valence-electron chi connectivity index (χ3n) is 3.88. The number of rotatable bonds is 3. The molecule has 2 aliphatic rings. The maximum absolute atomic E-state index is 3.49. The van der Waals surface area contributed by atoms with Crippen LogP contribution in [-0.2, 0) is 0 Å². The lowest BCUT2D eigenvalue weighted by Crippen LogP contribution is -2.34. The highest BCUT2D eigenvalue weighted by Gasteiger charge is 2.37. The molecule has 2 fully saturated rings. The Morgan fingerprint density at radius 1 is 1.15 bits per heavy atom. The molecule has 2 nitrogen and oxygen atoms in total. The van der Waals surface area contributed by atoms with E-state index < -0.39 is 0 Å². The van der Waals surface area contributed by atoms with Crippen molar-refractivity contribution in [3.63, 3.8) is 0 Å². The van der Waals surface area contributed by atoms with Crippen LogP contribution < -0.4 is 5.32 Å². The molecular formula is C11H22N2. The minimum atomic E-state index is 0.852. The van der Waals surface area contributed by atoms with Crippen LogP contribution in [0, 0.1) is 11.8 Å². The molecule has 0 bridgehead atoms. The maximum Gasteiger partial charge on any atom is 0.00902 e. The highest BCUT2D eigenvalue weighted by atomic mass is 15.2. The number of nitrogens with one attached hydrogen (secondary N) is 1. The molecule has 76 valence electrons. The summed E-state index contributed by atoms with van der Waals surface area (Å²) in [5.74, 6) is 1.92. The normalized spacial score (nSPS) is 34.4. The average molecular weight is 182 g/mol. The van der Waals surface area contributed by atoms with Gasteiger partial charge < -0.3 is 5.32 Å². The van der Waals surface area contributed by atoms with Gasteiger partial charge in [-0.15, -0.1) is 0 Å². The lowest BCUT2D eigenvalue weighted by Gasteiger charge is -2.26. The van der Waals surface area contributed by atoms with E-state index in [1.807, 2.05) is 0 Å². The Hall–Kier alpha value is -0.0800. The first-order valence-electron chi connectivity index (χ1n) is 5.79. The third-order valence-corrected chi connectivity index (χ3v) is 3.88. The van der Waals surface area contributed by atoms with Crippen LogP contribution in [0.1, 0.15) is 26.7 Å². The van der Waals surface area contributed by atoms with Gasteiger partial charge in [-0.1, -0.05) is 13.8 Å². The molecule has 13 heavy (non-hydrogen) atoms. The Kier molecular flexibility index (Phi) is 2.89. The topological polar surface area (TPSA) is 15.3 Å². The second-order valence-electron chi connectivity index (χ2n) is 4.60. The molecule has 0 aliphatic carbocycles. The van der Waals surface area contributed by atoms with Gasteiger partial charge in [0.1, 0.15) is 0 Å². The van der Waals surface area contributed by atoms with E-state index in [-0.39, 0.29) is 0 Å². The van der Waals surface area contributed by atoms with Crippen molar-refractivity contribution < 1.29 is 0 Å². The van der Waals surface area contributed by atoms with Crippen molar-refractivity contribution in [3.8, 4) is 0 Å². The standard InChI is InChI=1S/C11H22N2/c1-3-11(4-2)13-7-9-5-12-6-10(9)8-13/h9-12H,3-8H2,1-2H3. The second kappa shape index (κ2) is 3.97. The molecule has 0 spiro atoms. The largest absolute Gasteiger partial charge is 0.316 e. The van der Waals surface area contributed by atoms with E-state index in [4.69, 9.17) is 0 Å². The average Bonchev–Trinajstić information content (AvgIpc) is 2.65. The Bertz CT molecular complexity index is 153. The van der Waals surface area contributed by atoms with Crippen LogP contribution in [0.5, 0.6) is 0 Å². The number of nitrogens with zero attached hydrogens (tertiary/aromatic N) is 1. The van der Waals surface area contributed by atoms with Gasteiger partial charge in [0.15, 0.2) is 0 Å². The monoisotopic (exact) mass is 182 g/mol. The molecule has 1 N–H and O–H groups in total. The van der Waals surface area contributed by atoms with Gasteiger partial charge in [0.2, 0.25) is 0 Å². The van der Waals surface area contributed by atoms with E-state index in [1.165, 1.54) is 39.0 Å². The fourth-order valence-corrected chi connectivity index (χ4v) is 2.99. The van der Waals surface area contributed by atoms with Crippen LogP contribution >= 0.6 is 0 Å². The van der Waals surface area contributed by atoms with Gasteiger partial charge in [-0.05, 0) is 37.8 Å². The van der Waals surface area contributed by atoms with Crippen LogP contribution in [0.25, 0.3) is 0 Å². The summed E-state index contributed by atoms with van der Waals surface area (Å²) >= 11 is 0. The lowest BCUT2D eigenvalue weighted by molar-refractivity contribution is 0.214. The second-order valence-corrected chi connectivity index (χ2v) is 4.60. The van der Waals surface area contributed by atoms with Crippen LogP contribution in [-0.4, -0.2) is 37.1 Å². The molecule has 2 aliphatic heterocycles. The smallest absolute Gasteiger partial charge is 0.00902 e. The van der Waals surface area contributed by atoms with Crippen LogP contribution in [0.4, 0.5) is 0 Å². The minimum Gasteiger partial charge on any atom is -0.316 e. The maximum atomic E-state index is 3.49. The fourth-order valence-electron chi connectivity index (χ4n) is 2.99. The Morgan fingerprint density at radius 3 is 2.15 bits per heavy atom. The first-order chi connectivity index (χ1) is 6.35. The summed E-state index contributed by atoms with van der Waals surface area (Å²) in [4.78, 5) is 2.72. The molecule has 2 atom stereocenters. The predicted octanol–water partition coefficient (Wildman–Crippen LogP) is 1.33. The first-order valence-corrected chi connectivity index (χ1v) is 5.79. The van der Waals surface area contributed by atoms with Gasteiger partial charge in [0, 0.05) is 19.1 Å². The Morgan fingerprint density at radius 2 is 1.69 bits per heavy atom. The molecule has 2 rings (SSSR count). The summed E-state index contributed by atoms with van der Waals surface area (Å²) in [5.41, 5.74) is 0. The molecule has 2 heterocycles. The Labute approximate surface area is 81.7 Å². The SMILES string of the molecule is CCC(CC)N1CC2CNCC2C1. The van der Waals surface area contributed by atoms with E-state index >= 15 is 0 Å². The highest BCUT2D eigenvalue weighted by molar-refractivity contribution is 4.92. The molecule has 0 radical (unpaired) electrons. The summed E-state index contributed by atoms with van der Waals surface area (Å²) in [6.45, 7) is 9.87. The third kappa shape index (κ3) is 1.75. The zero-order valence-corrected chi connectivity index (χ0v) is 8.92. The van der Waals surface area contributed by atoms with Crippen molar-refractivity contribution in [2.24, 2.45) is 11.8 Å². The van der Waals surface area contributed by atoms with E-state index in [1.54, 1.807) is 0 Å². The summed E-state index contributed by atoms with van der Waals surface area (Å²) in [6, 6.07) is 0.852.